The van der Waals surface area contributed by atoms with Gasteiger partial charge in [-0.2, -0.15) is 0 Å². The second-order valence-electron chi connectivity index (χ2n) is 15.4. The quantitative estimate of drug-likeness (QED) is 0.175. The van der Waals surface area contributed by atoms with Crippen molar-refractivity contribution in [3.63, 3.8) is 0 Å². The van der Waals surface area contributed by atoms with E-state index in [1.165, 1.54) is 11.9 Å². The van der Waals surface area contributed by atoms with Crippen LogP contribution in [-0.2, 0) is 51.1 Å². The number of halogens is 1. The largest absolute Gasteiger partial charge is 0.445 e. The number of alkyl carbamates (subject to hydrolysis) is 2. The maximum atomic E-state index is 16.5. The molecule has 0 spiro atoms. The highest BCUT2D eigenvalue weighted by Crippen LogP contribution is 2.42. The number of aliphatic hydroxyl groups excluding tert-OH is 3. The Kier molecular flexibility index (Phi) is 13.3. The van der Waals surface area contributed by atoms with Crippen molar-refractivity contribution < 1.29 is 72.0 Å². The SMILES string of the molecule is CC1C[C@@H]2OC(O[C@H]3OC(CO)[C@@H](N)CC3O)C3C(OC(=O)N3C)C2O[C@@H]1O[C@@H]1C(NC(=O)OCc2ccccc2)C[C@@H](NC(=O)OCc2ccccc2)C(O)[C@H]1F. The molecule has 7 rings (SSSR count). The van der Waals surface area contributed by atoms with Crippen molar-refractivity contribution in [2.45, 2.75) is 131 Å². The molecule has 0 radical (unpaired) electrons. The molecule has 4 aliphatic heterocycles. The summed E-state index contributed by atoms with van der Waals surface area (Å²) in [5, 5.41) is 36.8. The molecule has 2 aromatic carbocycles. The van der Waals surface area contributed by atoms with Gasteiger partial charge in [-0.25, -0.2) is 18.8 Å². The maximum absolute atomic E-state index is 16.5. The predicted molar refractivity (Wildman–Crippen MR) is 196 cm³/mol. The van der Waals surface area contributed by atoms with Gasteiger partial charge >= 0.3 is 18.3 Å². The van der Waals surface area contributed by atoms with E-state index in [2.05, 4.69) is 10.6 Å². The molecule has 4 heterocycles. The van der Waals surface area contributed by atoms with E-state index >= 15 is 4.39 Å². The van der Waals surface area contributed by atoms with E-state index in [0.717, 1.165) is 5.56 Å². The highest BCUT2D eigenvalue weighted by molar-refractivity contribution is 5.71. The van der Waals surface area contributed by atoms with Gasteiger partial charge in [0.15, 0.2) is 31.1 Å². The molecule has 5 fully saturated rings. The molecule has 1 saturated carbocycles. The second-order valence-corrected chi connectivity index (χ2v) is 15.4. The van der Waals surface area contributed by atoms with Crippen LogP contribution in [0.25, 0.3) is 0 Å². The molecule has 2 aromatic rings. The lowest BCUT2D eigenvalue weighted by molar-refractivity contribution is -0.369. The van der Waals surface area contributed by atoms with E-state index in [1.54, 1.807) is 55.5 Å². The number of carbonyl (C=O) groups is 3. The first-order valence-corrected chi connectivity index (χ1v) is 19.4. The number of benzene rings is 2. The lowest BCUT2D eigenvalue weighted by Crippen LogP contribution is -2.67. The van der Waals surface area contributed by atoms with Crippen molar-refractivity contribution in [1.82, 2.24) is 15.5 Å². The fourth-order valence-corrected chi connectivity index (χ4v) is 8.12. The van der Waals surface area contributed by atoms with Gasteiger partial charge in [0.05, 0.1) is 30.9 Å². The molecule has 18 nitrogen and oxygen atoms in total. The number of alkyl halides is 1. The molecule has 5 aliphatic rings. The van der Waals surface area contributed by atoms with Crippen LogP contribution in [0.2, 0.25) is 0 Å². The van der Waals surface area contributed by atoms with Crippen LogP contribution in [0.4, 0.5) is 18.8 Å². The number of fused-ring (bicyclic) bond motifs is 3. The number of hydrogen-bond donors (Lipinski definition) is 6. The van der Waals surface area contributed by atoms with Crippen molar-refractivity contribution >= 4 is 18.3 Å². The van der Waals surface area contributed by atoms with Crippen molar-refractivity contribution in [3.05, 3.63) is 71.8 Å². The van der Waals surface area contributed by atoms with Gasteiger partial charge in [0.25, 0.3) is 0 Å². The number of nitrogens with zero attached hydrogens (tertiary/aromatic N) is 1. The highest BCUT2D eigenvalue weighted by atomic mass is 19.1. The summed E-state index contributed by atoms with van der Waals surface area (Å²) in [5.41, 5.74) is 7.44. The number of carbonyl (C=O) groups excluding carboxylic acids is 3. The number of ether oxygens (including phenoxy) is 8. The normalized spacial score (nSPS) is 38.5. The molecule has 0 bridgehead atoms. The summed E-state index contributed by atoms with van der Waals surface area (Å²) in [4.78, 5) is 40.1. The lowest BCUT2D eigenvalue weighted by Gasteiger charge is -2.50. The Labute approximate surface area is 333 Å². The van der Waals surface area contributed by atoms with Crippen molar-refractivity contribution in [3.8, 4) is 0 Å². The first-order chi connectivity index (χ1) is 27.9. The molecule has 16 atom stereocenters. The molecule has 19 heteroatoms. The van der Waals surface area contributed by atoms with Gasteiger partial charge in [-0.3, -0.25) is 4.90 Å². The van der Waals surface area contributed by atoms with Gasteiger partial charge in [0.2, 0.25) is 0 Å². The molecule has 3 amide bonds. The Morgan fingerprint density at radius 3 is 2.09 bits per heavy atom. The first kappa shape index (κ1) is 42.0. The molecule has 4 saturated heterocycles. The monoisotopic (exact) mass is 818 g/mol. The summed E-state index contributed by atoms with van der Waals surface area (Å²) in [6.45, 7) is 1.24. The predicted octanol–water partition coefficient (Wildman–Crippen LogP) is 1.17. The summed E-state index contributed by atoms with van der Waals surface area (Å²) in [6.07, 6.45) is -15.8. The molecule has 1 aliphatic carbocycles. The zero-order valence-electron chi connectivity index (χ0n) is 32.0. The fraction of sp³-hybridized carbons (Fsp3) is 0.615. The molecule has 7 N–H and O–H groups in total. The smallest absolute Gasteiger partial charge is 0.410 e. The summed E-state index contributed by atoms with van der Waals surface area (Å²) in [7, 11) is 1.49. The number of amides is 3. The third kappa shape index (κ3) is 9.32. The van der Waals surface area contributed by atoms with Gasteiger partial charge in [0.1, 0.15) is 43.7 Å². The molecular formula is C39H51FN4O14. The number of nitrogens with two attached hydrogens (primary N) is 1. The Balaban J connectivity index is 1.05. The topological polar surface area (TPSA) is 239 Å². The van der Waals surface area contributed by atoms with Crippen LogP contribution in [0.1, 0.15) is 37.3 Å². The summed E-state index contributed by atoms with van der Waals surface area (Å²) in [6, 6.07) is 14.0. The van der Waals surface area contributed by atoms with Gasteiger partial charge in [0, 0.05) is 19.0 Å². The van der Waals surface area contributed by atoms with Crippen LogP contribution in [0.3, 0.4) is 0 Å². The van der Waals surface area contributed by atoms with E-state index in [4.69, 9.17) is 43.6 Å². The number of nitrogens with one attached hydrogen (secondary N) is 2. The van der Waals surface area contributed by atoms with E-state index in [-0.39, 0.29) is 32.5 Å². The third-order valence-electron chi connectivity index (χ3n) is 11.3. The minimum absolute atomic E-state index is 0.0639. The summed E-state index contributed by atoms with van der Waals surface area (Å²) in [5.74, 6) is -0.486. The first-order valence-electron chi connectivity index (χ1n) is 19.4. The van der Waals surface area contributed by atoms with E-state index in [1.807, 2.05) is 12.1 Å². The Morgan fingerprint density at radius 1 is 0.845 bits per heavy atom. The average molecular weight is 819 g/mol. The fourth-order valence-electron chi connectivity index (χ4n) is 8.12. The van der Waals surface area contributed by atoms with Crippen LogP contribution >= 0.6 is 0 Å². The molecule has 58 heavy (non-hydrogen) atoms. The van der Waals surface area contributed by atoms with Crippen LogP contribution in [-0.4, -0.2) is 144 Å². The van der Waals surface area contributed by atoms with Gasteiger partial charge in [-0.05, 0) is 30.4 Å². The van der Waals surface area contributed by atoms with Crippen molar-refractivity contribution in [2.75, 3.05) is 13.7 Å². The number of likely N-dealkylation sites (N-methyl/N-ethyl adjacent to an activating group) is 1. The second kappa shape index (κ2) is 18.4. The van der Waals surface area contributed by atoms with Crippen molar-refractivity contribution in [2.24, 2.45) is 11.7 Å². The van der Waals surface area contributed by atoms with Gasteiger partial charge in [-0.15, -0.1) is 0 Å². The Hall–Kier alpha value is -4.18. The Bertz CT molecular complexity index is 1700. The van der Waals surface area contributed by atoms with E-state index in [0.29, 0.717) is 5.56 Å². The highest BCUT2D eigenvalue weighted by Gasteiger charge is 2.60. The minimum atomic E-state index is -2.15. The number of rotatable bonds is 11. The van der Waals surface area contributed by atoms with Crippen LogP contribution in [0.5, 0.6) is 0 Å². The average Bonchev–Trinajstić information content (AvgIpc) is 3.52. The zero-order valence-corrected chi connectivity index (χ0v) is 32.0. The van der Waals surface area contributed by atoms with Gasteiger partial charge in [-0.1, -0.05) is 67.6 Å². The maximum Gasteiger partial charge on any atom is 0.410 e. The van der Waals surface area contributed by atoms with Crippen LogP contribution in [0.15, 0.2) is 60.7 Å². The molecule has 318 valence electrons. The minimum Gasteiger partial charge on any atom is -0.445 e. The molecule has 9 unspecified atom stereocenters. The van der Waals surface area contributed by atoms with E-state index in [9.17, 15) is 29.7 Å². The summed E-state index contributed by atoms with van der Waals surface area (Å²) < 4.78 is 63.9. The standard InChI is InChI=1S/C39H51FN4O14/c1-19-13-26-32(33-29(44(2)39(50)57-33)36(53-26)58-35-25(46)14-22(41)27(16-45)54-35)56-34(19)55-31-24(43-38(49)52-18-21-11-7-4-8-12-21)15-23(30(47)28(31)40)42-37(48)51-17-20-9-5-3-6-10-20/h3-12,19,22-36,45-47H,13-18,41H2,1-2H3,(H,42,48)(H,43,49)/t19?,22-,23+,24?,25?,26-,27?,28+,29?,30?,31+,32?,33?,34-,35+,36?/m0/s1. The number of hydrogen-bond acceptors (Lipinski definition) is 15. The molecular weight excluding hydrogens is 767 g/mol. The Morgan fingerprint density at radius 2 is 1.47 bits per heavy atom. The summed E-state index contributed by atoms with van der Waals surface area (Å²) >= 11 is 0. The van der Waals surface area contributed by atoms with Crippen LogP contribution < -0.4 is 16.4 Å². The van der Waals surface area contributed by atoms with Gasteiger partial charge < -0.3 is 69.6 Å². The van der Waals surface area contributed by atoms with E-state index < -0.39 is 123 Å². The number of aliphatic hydroxyl groups is 3. The van der Waals surface area contributed by atoms with Crippen LogP contribution in [0, 0.1) is 5.92 Å². The third-order valence-corrected chi connectivity index (χ3v) is 11.3. The molecule has 0 aromatic heterocycles. The van der Waals surface area contributed by atoms with Crippen molar-refractivity contribution in [1.29, 1.82) is 0 Å². The lowest BCUT2D eigenvalue weighted by atomic mass is 9.84. The zero-order chi connectivity index (χ0) is 41.1.